The smallest absolute Gasteiger partial charge is 0.310 e. The Kier molecular flexibility index (Phi) is 5.70. The molecule has 0 amide bonds. The molecule has 0 radical (unpaired) electrons. The Hall–Kier alpha value is -1.71. The fourth-order valence-corrected chi connectivity index (χ4v) is 3.83. The van der Waals surface area contributed by atoms with Gasteiger partial charge in [-0.1, -0.05) is 39.8 Å². The first-order valence-corrected chi connectivity index (χ1v) is 8.99. The van der Waals surface area contributed by atoms with Crippen molar-refractivity contribution in [3.8, 4) is 0 Å². The minimum absolute atomic E-state index is 0.0419. The SMILES string of the molecule is C/C=C\[C@@H]1[C@@H](C(=O)OCc2c(CC)c(F)c(C)c(F)c2CC)C1(C)C. The molecule has 0 heterocycles. The lowest BCUT2D eigenvalue weighted by Crippen LogP contribution is -2.15. The molecule has 0 bridgehead atoms. The van der Waals surface area contributed by atoms with Gasteiger partial charge < -0.3 is 4.74 Å². The molecule has 0 saturated heterocycles. The highest BCUT2D eigenvalue weighted by Gasteiger charge is 2.61. The second kappa shape index (κ2) is 7.27. The van der Waals surface area contributed by atoms with Crippen molar-refractivity contribution in [3.63, 3.8) is 0 Å². The van der Waals surface area contributed by atoms with Gasteiger partial charge >= 0.3 is 5.97 Å². The summed E-state index contributed by atoms with van der Waals surface area (Å²) < 4.78 is 34.4. The molecular weight excluding hydrogens is 322 g/mol. The predicted molar refractivity (Wildman–Crippen MR) is 95.2 cm³/mol. The van der Waals surface area contributed by atoms with Crippen LogP contribution in [-0.4, -0.2) is 5.97 Å². The number of hydrogen-bond donors (Lipinski definition) is 0. The second-order valence-corrected chi connectivity index (χ2v) is 7.35. The van der Waals surface area contributed by atoms with E-state index in [9.17, 15) is 13.6 Å². The Balaban J connectivity index is 2.25. The van der Waals surface area contributed by atoms with E-state index in [1.54, 1.807) is 0 Å². The monoisotopic (exact) mass is 350 g/mol. The molecule has 1 aliphatic carbocycles. The van der Waals surface area contributed by atoms with Crippen LogP contribution in [0.4, 0.5) is 8.78 Å². The molecule has 2 nitrogen and oxygen atoms in total. The van der Waals surface area contributed by atoms with Gasteiger partial charge in [-0.15, -0.1) is 0 Å². The molecular formula is C21H28F2O2. The van der Waals surface area contributed by atoms with E-state index in [0.29, 0.717) is 29.5 Å². The molecule has 138 valence electrons. The summed E-state index contributed by atoms with van der Waals surface area (Å²) in [4.78, 5) is 12.5. The molecule has 25 heavy (non-hydrogen) atoms. The molecule has 0 unspecified atom stereocenters. The maximum absolute atomic E-state index is 14.4. The van der Waals surface area contributed by atoms with Crippen LogP contribution in [0.1, 0.15) is 56.9 Å². The van der Waals surface area contributed by atoms with Crippen LogP contribution in [0.25, 0.3) is 0 Å². The van der Waals surface area contributed by atoms with E-state index < -0.39 is 11.6 Å². The van der Waals surface area contributed by atoms with Crippen molar-refractivity contribution in [2.45, 2.75) is 61.0 Å². The summed E-state index contributed by atoms with van der Waals surface area (Å²) in [5, 5.41) is 0. The molecule has 1 saturated carbocycles. The summed E-state index contributed by atoms with van der Waals surface area (Å²) in [5.74, 6) is -1.38. The van der Waals surface area contributed by atoms with Crippen LogP contribution in [0.2, 0.25) is 0 Å². The van der Waals surface area contributed by atoms with Gasteiger partial charge in [0.05, 0.1) is 5.92 Å². The van der Waals surface area contributed by atoms with E-state index in [1.165, 1.54) is 6.92 Å². The number of carbonyl (C=O) groups is 1. The van der Waals surface area contributed by atoms with Crippen molar-refractivity contribution in [2.75, 3.05) is 0 Å². The maximum atomic E-state index is 14.4. The molecule has 0 aromatic heterocycles. The van der Waals surface area contributed by atoms with E-state index in [-0.39, 0.29) is 35.4 Å². The van der Waals surface area contributed by atoms with Gasteiger partial charge in [-0.2, -0.15) is 0 Å². The molecule has 2 rings (SSSR count). The highest BCUT2D eigenvalue weighted by atomic mass is 19.1. The van der Waals surface area contributed by atoms with Gasteiger partial charge in [-0.3, -0.25) is 4.79 Å². The minimum atomic E-state index is -0.526. The third kappa shape index (κ3) is 3.36. The number of rotatable bonds is 6. The number of hydrogen-bond acceptors (Lipinski definition) is 2. The van der Waals surface area contributed by atoms with Gasteiger partial charge in [0.1, 0.15) is 18.2 Å². The van der Waals surface area contributed by atoms with Gasteiger partial charge in [0, 0.05) is 11.1 Å². The standard InChI is InChI=1S/C21H28F2O2/c1-7-10-16-17(21(16,5)6)20(24)25-11-15-13(8-2)18(22)12(4)19(23)14(15)9-3/h7,10,16-17H,8-9,11H2,1-6H3/b10-7-/t16-,17+/m1/s1. The van der Waals surface area contributed by atoms with E-state index in [1.807, 2.05) is 46.8 Å². The Morgan fingerprint density at radius 3 is 2.08 bits per heavy atom. The maximum Gasteiger partial charge on any atom is 0.310 e. The molecule has 4 heteroatoms. The highest BCUT2D eigenvalue weighted by molar-refractivity contribution is 5.78. The number of benzene rings is 1. The van der Waals surface area contributed by atoms with Crippen LogP contribution in [0, 0.1) is 35.8 Å². The first kappa shape index (κ1) is 19.6. The average Bonchev–Trinajstić information content (AvgIpc) is 3.11. The Labute approximate surface area is 149 Å². The van der Waals surface area contributed by atoms with Crippen molar-refractivity contribution in [1.82, 2.24) is 0 Å². The van der Waals surface area contributed by atoms with E-state index in [0.717, 1.165) is 0 Å². The number of ether oxygens (including phenoxy) is 1. The molecule has 0 spiro atoms. The van der Waals surface area contributed by atoms with Crippen LogP contribution >= 0.6 is 0 Å². The van der Waals surface area contributed by atoms with Crippen molar-refractivity contribution < 1.29 is 18.3 Å². The molecule has 1 aliphatic rings. The number of halogens is 2. The lowest BCUT2D eigenvalue weighted by Gasteiger charge is -2.18. The van der Waals surface area contributed by atoms with E-state index in [2.05, 4.69) is 0 Å². The number of carbonyl (C=O) groups excluding carboxylic acids is 1. The Morgan fingerprint density at radius 1 is 1.12 bits per heavy atom. The van der Waals surface area contributed by atoms with Gasteiger partial charge in [0.2, 0.25) is 0 Å². The summed E-state index contributed by atoms with van der Waals surface area (Å²) >= 11 is 0. The zero-order chi connectivity index (χ0) is 18.9. The van der Waals surface area contributed by atoms with Crippen LogP contribution in [-0.2, 0) is 29.0 Å². The molecule has 1 fully saturated rings. The van der Waals surface area contributed by atoms with Crippen molar-refractivity contribution in [3.05, 3.63) is 46.0 Å². The first-order chi connectivity index (χ1) is 11.7. The van der Waals surface area contributed by atoms with Gasteiger partial charge in [-0.05, 0) is 49.1 Å². The third-order valence-electron chi connectivity index (χ3n) is 5.55. The zero-order valence-electron chi connectivity index (χ0n) is 16.0. The summed E-state index contributed by atoms with van der Waals surface area (Å²) in [7, 11) is 0. The van der Waals surface area contributed by atoms with Gasteiger partial charge in [-0.25, -0.2) is 8.78 Å². The molecule has 0 N–H and O–H groups in total. The van der Waals surface area contributed by atoms with Crippen molar-refractivity contribution in [1.29, 1.82) is 0 Å². The molecule has 0 aliphatic heterocycles. The average molecular weight is 350 g/mol. The van der Waals surface area contributed by atoms with E-state index in [4.69, 9.17) is 4.74 Å². The summed E-state index contributed by atoms with van der Waals surface area (Å²) in [6, 6.07) is 0. The Morgan fingerprint density at radius 2 is 1.64 bits per heavy atom. The summed E-state index contributed by atoms with van der Waals surface area (Å²) in [6.45, 7) is 11.0. The predicted octanol–water partition coefficient (Wildman–Crippen LogP) is 5.29. The molecule has 1 aromatic carbocycles. The largest absolute Gasteiger partial charge is 0.461 e. The third-order valence-corrected chi connectivity index (χ3v) is 5.55. The Bertz CT molecular complexity index is 673. The quantitative estimate of drug-likeness (QED) is 0.515. The molecule has 2 atom stereocenters. The summed E-state index contributed by atoms with van der Waals surface area (Å²) in [6.07, 6.45) is 4.83. The van der Waals surface area contributed by atoms with Crippen molar-refractivity contribution >= 4 is 5.97 Å². The zero-order valence-corrected chi connectivity index (χ0v) is 16.0. The number of esters is 1. The fourth-order valence-electron chi connectivity index (χ4n) is 3.83. The highest BCUT2D eigenvalue weighted by Crippen LogP contribution is 2.59. The van der Waals surface area contributed by atoms with Crippen LogP contribution in [0.3, 0.4) is 0 Å². The normalized spacial score (nSPS) is 21.6. The second-order valence-electron chi connectivity index (χ2n) is 7.35. The fraction of sp³-hybridized carbons (Fsp3) is 0.571. The van der Waals surface area contributed by atoms with Crippen LogP contribution in [0.5, 0.6) is 0 Å². The van der Waals surface area contributed by atoms with Crippen molar-refractivity contribution in [2.24, 2.45) is 17.3 Å². The molecule has 1 aromatic rings. The topological polar surface area (TPSA) is 26.3 Å². The number of allylic oxidation sites excluding steroid dienone is 2. The first-order valence-electron chi connectivity index (χ1n) is 8.99. The van der Waals surface area contributed by atoms with Gasteiger partial charge in [0.15, 0.2) is 0 Å². The lowest BCUT2D eigenvalue weighted by molar-refractivity contribution is -0.147. The van der Waals surface area contributed by atoms with Gasteiger partial charge in [0.25, 0.3) is 0 Å². The lowest BCUT2D eigenvalue weighted by atomic mass is 9.93. The minimum Gasteiger partial charge on any atom is -0.461 e. The van der Waals surface area contributed by atoms with E-state index >= 15 is 0 Å². The van der Waals surface area contributed by atoms with Crippen LogP contribution in [0.15, 0.2) is 12.2 Å². The van der Waals surface area contributed by atoms with Crippen LogP contribution < -0.4 is 0 Å². The summed E-state index contributed by atoms with van der Waals surface area (Å²) in [5.41, 5.74) is 1.29.